The molecule has 10 heteroatoms. The van der Waals surface area contributed by atoms with Crippen LogP contribution < -0.4 is 10.6 Å². The molecule has 2 aromatic rings. The number of hydrogen-bond acceptors (Lipinski definition) is 4. The molecule has 1 aliphatic carbocycles. The van der Waals surface area contributed by atoms with Gasteiger partial charge in [-0.2, -0.15) is 13.2 Å². The van der Waals surface area contributed by atoms with Gasteiger partial charge in [0.25, 0.3) is 0 Å². The third-order valence-electron chi connectivity index (χ3n) is 5.61. The number of rotatable bonds is 8. The fourth-order valence-corrected chi connectivity index (χ4v) is 3.86. The minimum atomic E-state index is -5.04. The summed E-state index contributed by atoms with van der Waals surface area (Å²) in [4.78, 5) is 35.8. The van der Waals surface area contributed by atoms with E-state index in [0.717, 1.165) is 22.3 Å². The molecule has 2 aromatic carbocycles. The zero-order chi connectivity index (χ0) is 25.6. The quantitative estimate of drug-likeness (QED) is 0.492. The molecule has 3 N–H and O–H groups in total. The summed E-state index contributed by atoms with van der Waals surface area (Å²) in [7, 11) is 0. The van der Waals surface area contributed by atoms with Gasteiger partial charge in [0.1, 0.15) is 12.6 Å². The highest BCUT2D eigenvalue weighted by molar-refractivity contribution is 5.86. The molecule has 0 spiro atoms. The summed E-state index contributed by atoms with van der Waals surface area (Å²) in [6.07, 6.45) is -6.19. The molecule has 35 heavy (non-hydrogen) atoms. The molecule has 0 bridgehead atoms. The minimum Gasteiger partial charge on any atom is -0.481 e. The maximum absolute atomic E-state index is 12.9. The molecule has 184 valence electrons. The van der Waals surface area contributed by atoms with E-state index < -0.39 is 42.7 Å². The third kappa shape index (κ3) is 6.12. The van der Waals surface area contributed by atoms with Gasteiger partial charge in [-0.05, 0) is 29.2 Å². The Kier molecular flexibility index (Phi) is 8.02. The molecule has 1 aliphatic rings. The summed E-state index contributed by atoms with van der Waals surface area (Å²) in [6.45, 7) is 0.287. The first-order chi connectivity index (χ1) is 16.6. The Bertz CT molecular complexity index is 1120. The highest BCUT2D eigenvalue weighted by Crippen LogP contribution is 2.44. The molecule has 0 radical (unpaired) electrons. The van der Waals surface area contributed by atoms with E-state index in [9.17, 15) is 27.6 Å². The number of carboxylic acids is 1. The molecule has 2 amide bonds. The molecule has 0 saturated carbocycles. The smallest absolute Gasteiger partial charge is 0.407 e. The number of benzene rings is 2. The van der Waals surface area contributed by atoms with Crippen LogP contribution in [-0.2, 0) is 14.3 Å². The minimum absolute atomic E-state index is 0.0250. The van der Waals surface area contributed by atoms with Gasteiger partial charge in [-0.3, -0.25) is 9.59 Å². The van der Waals surface area contributed by atoms with E-state index in [2.05, 4.69) is 17.2 Å². The Balaban J connectivity index is 1.64. The van der Waals surface area contributed by atoms with Crippen molar-refractivity contribution in [1.82, 2.24) is 10.6 Å². The zero-order valence-electron chi connectivity index (χ0n) is 18.7. The number of alkyl halides is 3. The Morgan fingerprint density at radius 2 is 1.63 bits per heavy atom. The van der Waals surface area contributed by atoms with Crippen LogP contribution in [0.1, 0.15) is 30.4 Å². The summed E-state index contributed by atoms with van der Waals surface area (Å²) in [5.41, 5.74) is 4.04. The monoisotopic (exact) mass is 488 g/mol. The molecule has 2 atom stereocenters. The van der Waals surface area contributed by atoms with Crippen molar-refractivity contribution < 1.29 is 37.4 Å². The van der Waals surface area contributed by atoms with Crippen molar-refractivity contribution in [3.63, 3.8) is 0 Å². The predicted octanol–water partition coefficient (Wildman–Crippen LogP) is 3.69. The van der Waals surface area contributed by atoms with Crippen molar-refractivity contribution in [2.75, 3.05) is 13.2 Å². The van der Waals surface area contributed by atoms with Crippen LogP contribution in [0.25, 0.3) is 11.1 Å². The second kappa shape index (κ2) is 11.0. The van der Waals surface area contributed by atoms with E-state index in [-0.39, 0.29) is 18.9 Å². The topological polar surface area (TPSA) is 105 Å². The number of carboxylic acid groups (broad SMARTS) is 1. The number of nitrogens with one attached hydrogen (secondary N) is 2. The van der Waals surface area contributed by atoms with Gasteiger partial charge in [0.05, 0.1) is 0 Å². The number of carbonyl (C=O) groups is 3. The highest BCUT2D eigenvalue weighted by atomic mass is 19.4. The molecular formula is C25H23F3N2O5. The number of fused-ring (bicyclic) bond motifs is 3. The largest absolute Gasteiger partial charge is 0.481 e. The standard InChI is InChI=1S/C25H23F3N2O5/c1-2-3-12-21(22(31)29-13-20(23(32)33)25(26,27)28)30-24(34)35-14-19-17-10-6-4-8-15(17)16-9-5-7-11-18(16)19/h4-11,19-21H,12-14H2,1H3,(H,29,31)(H,30,34)(H,32,33). The Morgan fingerprint density at radius 1 is 1.06 bits per heavy atom. The van der Waals surface area contributed by atoms with Gasteiger partial charge in [0.2, 0.25) is 5.91 Å². The van der Waals surface area contributed by atoms with Crippen LogP contribution in [0.5, 0.6) is 0 Å². The van der Waals surface area contributed by atoms with Crippen LogP contribution in [0.3, 0.4) is 0 Å². The number of alkyl carbamates (subject to hydrolysis) is 1. The predicted molar refractivity (Wildman–Crippen MR) is 120 cm³/mol. The lowest BCUT2D eigenvalue weighted by molar-refractivity contribution is -0.192. The van der Waals surface area contributed by atoms with Crippen LogP contribution in [0.4, 0.5) is 18.0 Å². The van der Waals surface area contributed by atoms with Crippen LogP contribution in [-0.4, -0.2) is 48.4 Å². The number of halogens is 3. The lowest BCUT2D eigenvalue weighted by Gasteiger charge is -2.20. The summed E-state index contributed by atoms with van der Waals surface area (Å²) in [6, 6.07) is 14.1. The average Bonchev–Trinajstić information content (AvgIpc) is 3.13. The molecule has 0 fully saturated rings. The fourth-order valence-electron chi connectivity index (χ4n) is 3.86. The maximum atomic E-state index is 12.9. The first-order valence-electron chi connectivity index (χ1n) is 10.7. The average molecular weight is 488 g/mol. The molecule has 0 saturated heterocycles. The molecule has 0 aliphatic heterocycles. The second-order valence-corrected chi connectivity index (χ2v) is 7.83. The molecule has 0 aromatic heterocycles. The first-order valence-corrected chi connectivity index (χ1v) is 10.7. The van der Waals surface area contributed by atoms with Crippen molar-refractivity contribution in [3.05, 3.63) is 59.7 Å². The van der Waals surface area contributed by atoms with Crippen molar-refractivity contribution in [3.8, 4) is 23.0 Å². The van der Waals surface area contributed by atoms with Gasteiger partial charge in [0, 0.05) is 18.9 Å². The highest BCUT2D eigenvalue weighted by Gasteiger charge is 2.45. The molecule has 2 unspecified atom stereocenters. The van der Waals surface area contributed by atoms with Crippen LogP contribution in [0.15, 0.2) is 48.5 Å². The van der Waals surface area contributed by atoms with Crippen molar-refractivity contribution in [2.24, 2.45) is 5.92 Å². The number of amides is 2. The van der Waals surface area contributed by atoms with E-state index in [1.165, 1.54) is 6.92 Å². The fraction of sp³-hybridized carbons (Fsp3) is 0.320. The van der Waals surface area contributed by atoms with Gasteiger partial charge >= 0.3 is 18.2 Å². The van der Waals surface area contributed by atoms with E-state index >= 15 is 0 Å². The van der Waals surface area contributed by atoms with Crippen molar-refractivity contribution in [1.29, 1.82) is 0 Å². The lowest BCUT2D eigenvalue weighted by atomic mass is 9.98. The summed E-state index contributed by atoms with van der Waals surface area (Å²) in [5, 5.41) is 13.0. The first kappa shape index (κ1) is 25.6. The normalized spacial score (nSPS) is 13.9. The number of aliphatic carboxylic acids is 1. The number of hydrogen-bond donors (Lipinski definition) is 3. The van der Waals surface area contributed by atoms with Crippen LogP contribution in [0.2, 0.25) is 0 Å². The van der Waals surface area contributed by atoms with Crippen molar-refractivity contribution in [2.45, 2.75) is 31.5 Å². The van der Waals surface area contributed by atoms with Gasteiger partial charge < -0.3 is 20.5 Å². The Labute approximate surface area is 199 Å². The number of ether oxygens (including phenoxy) is 1. The summed E-state index contributed by atoms with van der Waals surface area (Å²) in [5.74, 6) is -1.01. The Morgan fingerprint density at radius 3 is 2.14 bits per heavy atom. The third-order valence-corrected chi connectivity index (χ3v) is 5.61. The zero-order valence-corrected chi connectivity index (χ0v) is 18.7. The second-order valence-electron chi connectivity index (χ2n) is 7.83. The Hall–Kier alpha value is -4.00. The SMILES string of the molecule is CC#CCC(NC(=O)OCC1c2ccccc2-c2ccccc21)C(=O)NCC(C(=O)O)C(F)(F)F. The lowest BCUT2D eigenvalue weighted by Crippen LogP contribution is -2.50. The van der Waals surface area contributed by atoms with Gasteiger partial charge in [-0.1, -0.05) is 48.5 Å². The van der Waals surface area contributed by atoms with Gasteiger partial charge in [-0.25, -0.2) is 4.79 Å². The van der Waals surface area contributed by atoms with E-state index in [1.54, 1.807) is 0 Å². The van der Waals surface area contributed by atoms with Crippen LogP contribution >= 0.6 is 0 Å². The van der Waals surface area contributed by atoms with Crippen molar-refractivity contribution >= 4 is 18.0 Å². The van der Waals surface area contributed by atoms with E-state index in [4.69, 9.17) is 9.84 Å². The molecule has 3 rings (SSSR count). The molecular weight excluding hydrogens is 465 g/mol. The summed E-state index contributed by atoms with van der Waals surface area (Å²) < 4.78 is 43.9. The van der Waals surface area contributed by atoms with E-state index in [0.29, 0.717) is 0 Å². The molecule has 0 heterocycles. The van der Waals surface area contributed by atoms with E-state index in [1.807, 2.05) is 53.8 Å². The van der Waals surface area contributed by atoms with Gasteiger partial charge in [0.15, 0.2) is 5.92 Å². The summed E-state index contributed by atoms with van der Waals surface area (Å²) >= 11 is 0. The van der Waals surface area contributed by atoms with Crippen LogP contribution in [0, 0.1) is 17.8 Å². The maximum Gasteiger partial charge on any atom is 0.407 e. The number of carbonyl (C=O) groups excluding carboxylic acids is 2. The molecule has 7 nitrogen and oxygen atoms in total. The van der Waals surface area contributed by atoms with Gasteiger partial charge in [-0.15, -0.1) is 11.8 Å².